The van der Waals surface area contributed by atoms with Crippen molar-refractivity contribution in [2.75, 3.05) is 16.8 Å². The Labute approximate surface area is 169 Å². The van der Waals surface area contributed by atoms with Gasteiger partial charge in [0, 0.05) is 25.7 Å². The van der Waals surface area contributed by atoms with E-state index in [1.807, 2.05) is 38.1 Å². The fourth-order valence-electron chi connectivity index (χ4n) is 3.34. The summed E-state index contributed by atoms with van der Waals surface area (Å²) >= 11 is 0. The molecule has 1 fully saturated rings. The number of anilines is 2. The van der Waals surface area contributed by atoms with Crippen LogP contribution in [-0.2, 0) is 26.2 Å². The first kappa shape index (κ1) is 20.6. The number of nitrogens with one attached hydrogen (secondary N) is 1. The summed E-state index contributed by atoms with van der Waals surface area (Å²) in [6.07, 6.45) is -0.910. The first-order chi connectivity index (χ1) is 13.7. The van der Waals surface area contributed by atoms with Crippen LogP contribution in [0.4, 0.5) is 11.4 Å². The zero-order valence-corrected chi connectivity index (χ0v) is 17.4. The highest BCUT2D eigenvalue weighted by atomic mass is 16.5. The number of ether oxygens (including phenoxy) is 1. The number of esters is 1. The molecule has 2 atom stereocenters. The summed E-state index contributed by atoms with van der Waals surface area (Å²) in [6.45, 7) is 7.37. The summed E-state index contributed by atoms with van der Waals surface area (Å²) in [5.41, 5.74) is 3.96. The van der Waals surface area contributed by atoms with Gasteiger partial charge in [-0.2, -0.15) is 5.10 Å². The number of benzene rings is 1. The minimum atomic E-state index is -0.981. The second-order valence-corrected chi connectivity index (χ2v) is 7.48. The Hall–Kier alpha value is -3.16. The molecule has 2 amide bonds. The number of carbonyl (C=O) groups excluding carboxylic acids is 3. The van der Waals surface area contributed by atoms with Crippen LogP contribution >= 0.6 is 0 Å². The van der Waals surface area contributed by atoms with Crippen molar-refractivity contribution in [1.82, 2.24) is 9.78 Å². The molecule has 0 aliphatic carbocycles. The molecular formula is C21H26N4O4. The van der Waals surface area contributed by atoms with Gasteiger partial charge in [-0.15, -0.1) is 0 Å². The lowest BCUT2D eigenvalue weighted by molar-refractivity contribution is -0.157. The van der Waals surface area contributed by atoms with Crippen molar-refractivity contribution in [3.63, 3.8) is 0 Å². The molecule has 1 saturated heterocycles. The van der Waals surface area contributed by atoms with E-state index in [2.05, 4.69) is 10.4 Å². The Morgan fingerprint density at radius 1 is 1.21 bits per heavy atom. The second kappa shape index (κ2) is 8.06. The van der Waals surface area contributed by atoms with Crippen molar-refractivity contribution in [1.29, 1.82) is 0 Å². The smallest absolute Gasteiger partial charge is 0.312 e. The molecule has 1 aliphatic rings. The van der Waals surface area contributed by atoms with Gasteiger partial charge in [0.05, 0.1) is 23.0 Å². The topological polar surface area (TPSA) is 93.5 Å². The highest BCUT2D eigenvalue weighted by molar-refractivity contribution is 6.00. The molecular weight excluding hydrogens is 372 g/mol. The average molecular weight is 398 g/mol. The van der Waals surface area contributed by atoms with Crippen LogP contribution in [0.1, 0.15) is 30.3 Å². The van der Waals surface area contributed by atoms with E-state index in [0.29, 0.717) is 11.4 Å². The van der Waals surface area contributed by atoms with Crippen molar-refractivity contribution < 1.29 is 19.1 Å². The number of hydrogen-bond donors (Lipinski definition) is 1. The van der Waals surface area contributed by atoms with Gasteiger partial charge in [-0.1, -0.05) is 17.7 Å². The van der Waals surface area contributed by atoms with Gasteiger partial charge in [-0.25, -0.2) is 0 Å². The van der Waals surface area contributed by atoms with Gasteiger partial charge in [-0.3, -0.25) is 19.1 Å². The lowest BCUT2D eigenvalue weighted by atomic mass is 10.1. The average Bonchev–Trinajstić information content (AvgIpc) is 3.17. The lowest BCUT2D eigenvalue weighted by Crippen LogP contribution is -2.33. The van der Waals surface area contributed by atoms with E-state index in [4.69, 9.17) is 4.74 Å². The van der Waals surface area contributed by atoms with Gasteiger partial charge >= 0.3 is 5.97 Å². The molecule has 0 saturated carbocycles. The molecule has 3 rings (SSSR count). The van der Waals surface area contributed by atoms with Crippen LogP contribution < -0.4 is 10.2 Å². The van der Waals surface area contributed by atoms with E-state index in [1.54, 1.807) is 23.6 Å². The fourth-order valence-corrected chi connectivity index (χ4v) is 3.34. The van der Waals surface area contributed by atoms with E-state index < -0.39 is 23.9 Å². The summed E-state index contributed by atoms with van der Waals surface area (Å²) in [5.74, 6) is -1.71. The maximum absolute atomic E-state index is 12.5. The van der Waals surface area contributed by atoms with Crippen molar-refractivity contribution in [3.05, 3.63) is 41.2 Å². The predicted octanol–water partition coefficient (Wildman–Crippen LogP) is 2.27. The third-order valence-corrected chi connectivity index (χ3v) is 5.22. The Morgan fingerprint density at radius 2 is 1.86 bits per heavy atom. The number of hydrogen-bond acceptors (Lipinski definition) is 5. The molecule has 1 aromatic heterocycles. The van der Waals surface area contributed by atoms with Crippen molar-refractivity contribution in [2.24, 2.45) is 13.0 Å². The second-order valence-electron chi connectivity index (χ2n) is 7.48. The SMILES string of the molecule is Cc1ccc(N2C[C@@H](C(=O)O[C@H](C)C(=O)Nc3c(C)nn(C)c3C)CC2=O)cc1. The van der Waals surface area contributed by atoms with Gasteiger partial charge in [0.25, 0.3) is 5.91 Å². The molecule has 2 heterocycles. The standard InChI is InChI=1S/C21H26N4O4/c1-12-6-8-17(9-7-12)25-11-16(10-18(25)26)21(28)29-15(4)20(27)22-19-13(2)23-24(5)14(19)3/h6-9,15-16H,10-11H2,1-5H3,(H,22,27)/t15-,16+/m1/s1. The predicted molar refractivity (Wildman–Crippen MR) is 109 cm³/mol. The highest BCUT2D eigenvalue weighted by Crippen LogP contribution is 2.26. The van der Waals surface area contributed by atoms with Gasteiger partial charge in [-0.05, 0) is 39.8 Å². The molecule has 1 aliphatic heterocycles. The maximum atomic E-state index is 12.5. The van der Waals surface area contributed by atoms with E-state index in [9.17, 15) is 14.4 Å². The molecule has 8 nitrogen and oxygen atoms in total. The van der Waals surface area contributed by atoms with Crippen LogP contribution in [0.25, 0.3) is 0 Å². The van der Waals surface area contributed by atoms with Crippen LogP contribution in [-0.4, -0.2) is 40.2 Å². The number of amides is 2. The largest absolute Gasteiger partial charge is 0.452 e. The van der Waals surface area contributed by atoms with Crippen LogP contribution in [0, 0.1) is 26.7 Å². The normalized spacial score (nSPS) is 17.3. The third-order valence-electron chi connectivity index (χ3n) is 5.22. The minimum absolute atomic E-state index is 0.0713. The van der Waals surface area contributed by atoms with Crippen LogP contribution in [0.5, 0.6) is 0 Å². The highest BCUT2D eigenvalue weighted by Gasteiger charge is 2.37. The monoisotopic (exact) mass is 398 g/mol. The molecule has 1 aromatic carbocycles. The number of carbonyl (C=O) groups is 3. The van der Waals surface area contributed by atoms with Crippen molar-refractivity contribution >= 4 is 29.2 Å². The first-order valence-electron chi connectivity index (χ1n) is 9.56. The van der Waals surface area contributed by atoms with Gasteiger partial charge in [0.15, 0.2) is 6.10 Å². The summed E-state index contributed by atoms with van der Waals surface area (Å²) in [7, 11) is 1.79. The van der Waals surface area contributed by atoms with E-state index in [1.165, 1.54) is 6.92 Å². The Bertz CT molecular complexity index is 948. The molecule has 8 heteroatoms. The molecule has 0 unspecified atom stereocenters. The van der Waals surface area contributed by atoms with E-state index >= 15 is 0 Å². The molecule has 0 bridgehead atoms. The van der Waals surface area contributed by atoms with Crippen molar-refractivity contribution in [3.8, 4) is 0 Å². The maximum Gasteiger partial charge on any atom is 0.312 e. The lowest BCUT2D eigenvalue weighted by Gasteiger charge is -2.18. The van der Waals surface area contributed by atoms with E-state index in [-0.39, 0.29) is 18.9 Å². The van der Waals surface area contributed by atoms with E-state index in [0.717, 1.165) is 16.9 Å². The first-order valence-corrected chi connectivity index (χ1v) is 9.56. The van der Waals surface area contributed by atoms with Crippen LogP contribution in [0.3, 0.4) is 0 Å². The number of nitrogens with zero attached hydrogens (tertiary/aromatic N) is 3. The number of rotatable bonds is 5. The Kier molecular flexibility index (Phi) is 5.72. The van der Waals surface area contributed by atoms with Gasteiger partial charge in [0.2, 0.25) is 5.91 Å². The Balaban J connectivity index is 1.60. The number of aryl methyl sites for hydroxylation is 3. The zero-order chi connectivity index (χ0) is 21.3. The number of aromatic nitrogens is 2. The van der Waals surface area contributed by atoms with Gasteiger partial charge < -0.3 is 15.0 Å². The molecule has 2 aromatic rings. The molecule has 29 heavy (non-hydrogen) atoms. The molecule has 154 valence electrons. The Morgan fingerprint density at radius 3 is 2.45 bits per heavy atom. The minimum Gasteiger partial charge on any atom is -0.452 e. The van der Waals surface area contributed by atoms with Gasteiger partial charge in [0.1, 0.15) is 0 Å². The fraction of sp³-hybridized carbons (Fsp3) is 0.429. The molecule has 0 spiro atoms. The zero-order valence-electron chi connectivity index (χ0n) is 17.4. The summed E-state index contributed by atoms with van der Waals surface area (Å²) in [4.78, 5) is 38.9. The van der Waals surface area contributed by atoms with Crippen LogP contribution in [0.15, 0.2) is 24.3 Å². The quantitative estimate of drug-likeness (QED) is 0.780. The third kappa shape index (κ3) is 4.31. The summed E-state index contributed by atoms with van der Waals surface area (Å²) in [5, 5.41) is 7.02. The molecule has 0 radical (unpaired) electrons. The molecule has 1 N–H and O–H groups in total. The summed E-state index contributed by atoms with van der Waals surface area (Å²) in [6, 6.07) is 7.55. The van der Waals surface area contributed by atoms with Crippen molar-refractivity contribution in [2.45, 2.75) is 40.2 Å². The summed E-state index contributed by atoms with van der Waals surface area (Å²) < 4.78 is 7.02. The van der Waals surface area contributed by atoms with Crippen LogP contribution in [0.2, 0.25) is 0 Å².